The smallest absolute Gasteiger partial charge is 0.488 e. The first-order valence-corrected chi connectivity index (χ1v) is 13.1. The maximum Gasteiger partial charge on any atom is 0.511 e. The van der Waals surface area contributed by atoms with Crippen LogP contribution in [0.2, 0.25) is 0 Å². The first-order chi connectivity index (χ1) is 19.7. The van der Waals surface area contributed by atoms with Gasteiger partial charge in [0.25, 0.3) is 0 Å². The molecule has 0 aliphatic heterocycles. The number of aromatic nitrogens is 3. The van der Waals surface area contributed by atoms with Gasteiger partial charge in [0.05, 0.1) is 18.0 Å². The van der Waals surface area contributed by atoms with E-state index in [1.54, 1.807) is 37.4 Å². The van der Waals surface area contributed by atoms with Crippen molar-refractivity contribution < 1.29 is 37.3 Å². The van der Waals surface area contributed by atoms with Gasteiger partial charge in [0.1, 0.15) is 12.4 Å². The molecule has 0 bridgehead atoms. The highest BCUT2D eigenvalue weighted by Crippen LogP contribution is 2.38. The number of carbonyl (C=O) groups is 1. The molecule has 0 unspecified atom stereocenters. The van der Waals surface area contributed by atoms with Crippen molar-refractivity contribution in [1.29, 1.82) is 0 Å². The van der Waals surface area contributed by atoms with Crippen LogP contribution in [0.3, 0.4) is 0 Å². The summed E-state index contributed by atoms with van der Waals surface area (Å²) in [4.78, 5) is 15.3. The number of pyridine rings is 1. The zero-order valence-electron chi connectivity index (χ0n) is 22.2. The number of benzene rings is 2. The molecule has 1 N–H and O–H groups in total. The first-order valence-electron chi connectivity index (χ1n) is 13.1. The van der Waals surface area contributed by atoms with Crippen LogP contribution in [-0.2, 0) is 17.5 Å². The summed E-state index contributed by atoms with van der Waals surface area (Å²) < 4.78 is 57.8. The van der Waals surface area contributed by atoms with Crippen LogP contribution < -0.4 is 9.47 Å². The Morgan fingerprint density at radius 2 is 1.71 bits per heavy atom. The molecule has 4 aromatic rings. The summed E-state index contributed by atoms with van der Waals surface area (Å²) in [5.74, 6) is -0.0741. The Bertz CT molecular complexity index is 1500. The third-order valence-corrected chi connectivity index (χ3v) is 7.17. The Balaban J connectivity index is 1.34. The lowest BCUT2D eigenvalue weighted by Crippen LogP contribution is -2.19. The van der Waals surface area contributed by atoms with Crippen LogP contribution in [0.25, 0.3) is 17.1 Å². The van der Waals surface area contributed by atoms with Gasteiger partial charge in [0.2, 0.25) is 0 Å². The molecule has 0 amide bonds. The maximum absolute atomic E-state index is 13.8. The third kappa shape index (κ3) is 6.51. The molecule has 5 rings (SSSR count). The third-order valence-electron chi connectivity index (χ3n) is 7.17. The largest absolute Gasteiger partial charge is 0.511 e. The van der Waals surface area contributed by atoms with Gasteiger partial charge in [0.15, 0.2) is 17.3 Å². The van der Waals surface area contributed by atoms with E-state index < -0.39 is 23.8 Å². The number of carboxylic acid groups (broad SMARTS) is 1. The molecule has 2 aromatic carbocycles. The second kappa shape index (κ2) is 12.0. The molecular formula is C30H28F3N3O5. The van der Waals surface area contributed by atoms with Crippen molar-refractivity contribution in [3.05, 3.63) is 89.7 Å². The second-order valence-electron chi connectivity index (χ2n) is 9.75. The van der Waals surface area contributed by atoms with Crippen LogP contribution in [0, 0.1) is 0 Å². The average molecular weight is 568 g/mol. The molecule has 1 saturated carbocycles. The topological polar surface area (TPSA) is 95.7 Å². The summed E-state index contributed by atoms with van der Waals surface area (Å²) in [7, 11) is 1.77. The molecule has 0 spiro atoms. The quantitative estimate of drug-likeness (QED) is 0.224. The van der Waals surface area contributed by atoms with Crippen molar-refractivity contribution in [3.8, 4) is 28.6 Å². The van der Waals surface area contributed by atoms with E-state index in [-0.39, 0.29) is 5.82 Å². The van der Waals surface area contributed by atoms with Crippen LogP contribution in [0.4, 0.5) is 18.0 Å². The average Bonchev–Trinajstić information content (AvgIpc) is 3.40. The van der Waals surface area contributed by atoms with Crippen LogP contribution in [-0.4, -0.2) is 39.2 Å². The maximum atomic E-state index is 13.8. The SMILES string of the molecule is COC1CCC(c2ccc(COc3ccccc3-c3cccc(-n4ncc(OC(=O)O)c4C(F)(F)F)n3)cc2)CC1. The van der Waals surface area contributed by atoms with Crippen LogP contribution in [0.1, 0.15) is 48.4 Å². The van der Waals surface area contributed by atoms with Gasteiger partial charge in [-0.05, 0) is 67.0 Å². The molecule has 8 nitrogen and oxygen atoms in total. The fourth-order valence-corrected chi connectivity index (χ4v) is 5.11. The summed E-state index contributed by atoms with van der Waals surface area (Å²) in [5.41, 5.74) is 1.82. The lowest BCUT2D eigenvalue weighted by molar-refractivity contribution is -0.143. The van der Waals surface area contributed by atoms with E-state index in [9.17, 15) is 18.0 Å². The summed E-state index contributed by atoms with van der Waals surface area (Å²) in [6, 6.07) is 20.0. The van der Waals surface area contributed by atoms with Gasteiger partial charge in [-0.15, -0.1) is 0 Å². The van der Waals surface area contributed by atoms with Gasteiger partial charge in [-0.3, -0.25) is 0 Å². The monoisotopic (exact) mass is 567 g/mol. The number of nitrogens with zero attached hydrogens (tertiary/aromatic N) is 3. The number of hydrogen-bond acceptors (Lipinski definition) is 6. The molecule has 0 saturated heterocycles. The number of hydrogen-bond donors (Lipinski definition) is 1. The number of methoxy groups -OCH3 is 1. The van der Waals surface area contributed by atoms with Gasteiger partial charge in [-0.1, -0.05) is 42.5 Å². The number of alkyl halides is 3. The molecule has 214 valence electrons. The molecular weight excluding hydrogens is 539 g/mol. The number of halogens is 3. The molecule has 0 radical (unpaired) electrons. The molecule has 1 aliphatic carbocycles. The minimum atomic E-state index is -4.95. The Labute approximate surface area is 234 Å². The Morgan fingerprint density at radius 3 is 2.39 bits per heavy atom. The molecule has 41 heavy (non-hydrogen) atoms. The summed E-state index contributed by atoms with van der Waals surface area (Å²) in [5, 5.41) is 12.5. The van der Waals surface area contributed by atoms with Gasteiger partial charge in [-0.25, -0.2) is 14.5 Å². The van der Waals surface area contributed by atoms with Gasteiger partial charge < -0.3 is 19.3 Å². The molecule has 2 aromatic heterocycles. The number of para-hydroxylation sites is 1. The van der Waals surface area contributed by atoms with E-state index in [1.165, 1.54) is 17.7 Å². The minimum absolute atomic E-state index is 0.167. The van der Waals surface area contributed by atoms with Crippen LogP contribution in [0.15, 0.2) is 72.9 Å². The van der Waals surface area contributed by atoms with Gasteiger partial charge >= 0.3 is 12.3 Å². The van der Waals surface area contributed by atoms with Crippen molar-refractivity contribution >= 4 is 6.16 Å². The standard InChI is InChI=1S/C30H28F3N3O5/c1-39-22-15-13-21(14-16-22)20-11-9-19(10-12-20)18-40-25-7-3-2-5-23(25)24-6-4-8-27(35-24)36-28(30(31,32)33)26(17-34-36)41-29(37)38/h2-12,17,21-22H,13-16,18H2,1H3,(H,37,38). The normalized spacial score (nSPS) is 17.3. The lowest BCUT2D eigenvalue weighted by atomic mass is 9.82. The van der Waals surface area contributed by atoms with Crippen molar-refractivity contribution in [1.82, 2.24) is 14.8 Å². The lowest BCUT2D eigenvalue weighted by Gasteiger charge is -2.27. The fourth-order valence-electron chi connectivity index (χ4n) is 5.11. The van der Waals surface area contributed by atoms with Crippen LogP contribution >= 0.6 is 0 Å². The van der Waals surface area contributed by atoms with E-state index in [0.717, 1.165) is 31.2 Å². The molecule has 0 atom stereocenters. The summed E-state index contributed by atoms with van der Waals surface area (Å²) in [6.45, 7) is 0.292. The second-order valence-corrected chi connectivity index (χ2v) is 9.75. The van der Waals surface area contributed by atoms with Crippen molar-refractivity contribution in [2.75, 3.05) is 7.11 Å². The van der Waals surface area contributed by atoms with Gasteiger partial charge in [0, 0.05) is 12.7 Å². The highest BCUT2D eigenvalue weighted by molar-refractivity contribution is 5.68. The zero-order chi connectivity index (χ0) is 29.0. The Kier molecular flexibility index (Phi) is 8.25. The summed E-state index contributed by atoms with van der Waals surface area (Å²) >= 11 is 0. The molecule has 2 heterocycles. The van der Waals surface area contributed by atoms with Crippen molar-refractivity contribution in [2.24, 2.45) is 0 Å². The zero-order valence-corrected chi connectivity index (χ0v) is 22.2. The molecule has 1 aliphatic rings. The van der Waals surface area contributed by atoms with Gasteiger partial charge in [-0.2, -0.15) is 18.3 Å². The predicted octanol–water partition coefficient (Wildman–Crippen LogP) is 7.26. The van der Waals surface area contributed by atoms with E-state index >= 15 is 0 Å². The van der Waals surface area contributed by atoms with E-state index in [1.807, 2.05) is 12.1 Å². The first kappa shape index (κ1) is 28.2. The van der Waals surface area contributed by atoms with E-state index in [4.69, 9.17) is 14.6 Å². The molecule has 11 heteroatoms. The number of rotatable bonds is 8. The minimum Gasteiger partial charge on any atom is -0.488 e. The van der Waals surface area contributed by atoms with E-state index in [0.29, 0.717) is 46.5 Å². The number of ether oxygens (including phenoxy) is 3. The Hall–Kier alpha value is -4.38. The summed E-state index contributed by atoms with van der Waals surface area (Å²) in [6.07, 6.45) is -1.46. The predicted molar refractivity (Wildman–Crippen MR) is 143 cm³/mol. The fraction of sp³-hybridized carbons (Fsp3) is 0.300. The van der Waals surface area contributed by atoms with Crippen molar-refractivity contribution in [3.63, 3.8) is 0 Å². The highest BCUT2D eigenvalue weighted by Gasteiger charge is 2.41. The van der Waals surface area contributed by atoms with E-state index in [2.05, 4.69) is 27.0 Å². The molecule has 1 fully saturated rings. The van der Waals surface area contributed by atoms with Crippen molar-refractivity contribution in [2.45, 2.75) is 50.5 Å². The Morgan fingerprint density at radius 1 is 0.976 bits per heavy atom. The van der Waals surface area contributed by atoms with Crippen LogP contribution in [0.5, 0.6) is 11.5 Å². The highest BCUT2D eigenvalue weighted by atomic mass is 19.4.